The molecule has 2 aromatic heterocycles. The van der Waals surface area contributed by atoms with E-state index in [-0.39, 0.29) is 11.7 Å². The number of aromatic nitrogens is 2. The highest BCUT2D eigenvalue weighted by Crippen LogP contribution is 2.28. The number of hydrogen-bond donors (Lipinski definition) is 0. The second kappa shape index (κ2) is 6.49. The maximum atomic E-state index is 12.6. The van der Waals surface area contributed by atoms with Crippen molar-refractivity contribution < 1.29 is 19.1 Å². The topological polar surface area (TPSA) is 87.5 Å². The smallest absolute Gasteiger partial charge is 0.348 e. The summed E-state index contributed by atoms with van der Waals surface area (Å²) in [7, 11) is 1.26. The van der Waals surface area contributed by atoms with Crippen LogP contribution in [0.4, 0.5) is 0 Å². The lowest BCUT2D eigenvalue weighted by molar-refractivity contribution is -0.144. The average molecular weight is 338 g/mol. The van der Waals surface area contributed by atoms with Gasteiger partial charge in [-0.25, -0.2) is 14.6 Å². The Bertz CT molecular complexity index is 821. The van der Waals surface area contributed by atoms with Crippen molar-refractivity contribution in [1.29, 1.82) is 0 Å². The quantitative estimate of drug-likeness (QED) is 0.793. The number of nitrogens with zero attached hydrogens (tertiary/aromatic N) is 2. The van der Waals surface area contributed by atoms with E-state index in [1.165, 1.54) is 18.0 Å². The molecule has 0 radical (unpaired) electrons. The summed E-state index contributed by atoms with van der Waals surface area (Å²) >= 11 is 1.11. The summed E-state index contributed by atoms with van der Waals surface area (Å²) in [6, 6.07) is -0.797. The monoisotopic (exact) mass is 338 g/mol. The van der Waals surface area contributed by atoms with Crippen molar-refractivity contribution >= 4 is 33.5 Å². The lowest BCUT2D eigenvalue weighted by atomic mass is 10.2. The lowest BCUT2D eigenvalue weighted by Gasteiger charge is -2.12. The van der Waals surface area contributed by atoms with E-state index < -0.39 is 18.0 Å². The van der Waals surface area contributed by atoms with Crippen LogP contribution in [0.2, 0.25) is 0 Å². The third-order valence-electron chi connectivity index (χ3n) is 3.36. The fraction of sp³-hybridized carbons (Fsp3) is 0.467. The molecule has 0 unspecified atom stereocenters. The molecule has 1 atom stereocenters. The summed E-state index contributed by atoms with van der Waals surface area (Å²) in [6.07, 6.45) is 1.04. The summed E-state index contributed by atoms with van der Waals surface area (Å²) in [5.74, 6) is -1.02. The van der Waals surface area contributed by atoms with Crippen LogP contribution in [0.15, 0.2) is 11.1 Å². The van der Waals surface area contributed by atoms with Crippen molar-refractivity contribution in [3.63, 3.8) is 0 Å². The summed E-state index contributed by atoms with van der Waals surface area (Å²) in [4.78, 5) is 41.4. The zero-order valence-electron chi connectivity index (χ0n) is 13.6. The SMILES string of the molecule is COC(=O)[C@@H](C)n1cnc2sc(C(=O)OC(C)C)c(C)c2c1=O. The molecule has 0 N–H and O–H groups in total. The molecule has 0 aromatic carbocycles. The maximum absolute atomic E-state index is 12.6. The Morgan fingerprint density at radius 1 is 1.30 bits per heavy atom. The van der Waals surface area contributed by atoms with Gasteiger partial charge in [0, 0.05) is 0 Å². The molecule has 0 aliphatic rings. The summed E-state index contributed by atoms with van der Waals surface area (Å²) in [6.45, 7) is 6.73. The van der Waals surface area contributed by atoms with Gasteiger partial charge in [-0.15, -0.1) is 11.3 Å². The predicted molar refractivity (Wildman–Crippen MR) is 85.9 cm³/mol. The molecule has 2 rings (SSSR count). The number of thiophene rings is 1. The first kappa shape index (κ1) is 17.1. The first-order chi connectivity index (χ1) is 10.8. The largest absolute Gasteiger partial charge is 0.467 e. The molecular weight excluding hydrogens is 320 g/mol. The third kappa shape index (κ3) is 3.12. The molecule has 0 saturated heterocycles. The van der Waals surface area contributed by atoms with Gasteiger partial charge in [-0.2, -0.15) is 0 Å². The van der Waals surface area contributed by atoms with Crippen LogP contribution in [0.1, 0.15) is 42.0 Å². The fourth-order valence-electron chi connectivity index (χ4n) is 2.16. The van der Waals surface area contributed by atoms with Crippen molar-refractivity contribution in [3.05, 3.63) is 27.1 Å². The molecule has 0 amide bonds. The number of rotatable bonds is 4. The molecule has 0 bridgehead atoms. The molecule has 2 aromatic rings. The number of methoxy groups -OCH3 is 1. The van der Waals surface area contributed by atoms with E-state index in [0.717, 1.165) is 11.3 Å². The van der Waals surface area contributed by atoms with Gasteiger partial charge in [0.05, 0.1) is 24.9 Å². The number of fused-ring (bicyclic) bond motifs is 1. The Labute approximate surface area is 136 Å². The molecule has 7 nitrogen and oxygen atoms in total. The van der Waals surface area contributed by atoms with E-state index in [9.17, 15) is 14.4 Å². The van der Waals surface area contributed by atoms with Gasteiger partial charge in [-0.1, -0.05) is 0 Å². The minimum atomic E-state index is -0.797. The first-order valence-corrected chi connectivity index (χ1v) is 7.88. The van der Waals surface area contributed by atoms with E-state index in [0.29, 0.717) is 20.7 Å². The van der Waals surface area contributed by atoms with Gasteiger partial charge in [0.1, 0.15) is 15.7 Å². The second-order valence-corrected chi connectivity index (χ2v) is 6.35. The zero-order chi connectivity index (χ0) is 17.3. The van der Waals surface area contributed by atoms with Crippen molar-refractivity contribution in [2.45, 2.75) is 39.8 Å². The normalized spacial score (nSPS) is 12.4. The van der Waals surface area contributed by atoms with Gasteiger partial charge in [-0.3, -0.25) is 9.36 Å². The van der Waals surface area contributed by atoms with Crippen molar-refractivity contribution in [2.24, 2.45) is 0 Å². The Morgan fingerprint density at radius 3 is 2.52 bits per heavy atom. The second-order valence-electron chi connectivity index (χ2n) is 5.35. The third-order valence-corrected chi connectivity index (χ3v) is 4.54. The van der Waals surface area contributed by atoms with Crippen molar-refractivity contribution in [3.8, 4) is 0 Å². The van der Waals surface area contributed by atoms with Crippen LogP contribution in [0.5, 0.6) is 0 Å². The molecule has 0 saturated carbocycles. The summed E-state index contributed by atoms with van der Waals surface area (Å²) in [5, 5.41) is 0.323. The lowest BCUT2D eigenvalue weighted by Crippen LogP contribution is -2.29. The number of hydrogen-bond acceptors (Lipinski definition) is 7. The minimum Gasteiger partial charge on any atom is -0.467 e. The van der Waals surface area contributed by atoms with E-state index in [1.54, 1.807) is 27.7 Å². The van der Waals surface area contributed by atoms with E-state index in [1.807, 2.05) is 0 Å². The van der Waals surface area contributed by atoms with Crippen LogP contribution in [0, 0.1) is 6.92 Å². The number of aryl methyl sites for hydroxylation is 1. The van der Waals surface area contributed by atoms with Crippen LogP contribution < -0.4 is 5.56 Å². The molecule has 0 fully saturated rings. The standard InChI is InChI=1S/C15H18N2O5S/c1-7(2)22-15(20)11-8(3)10-12(23-11)16-6-17(13(10)18)9(4)14(19)21-5/h6-7,9H,1-5H3/t9-/m1/s1. The summed E-state index contributed by atoms with van der Waals surface area (Å²) in [5.41, 5.74) is 0.129. The Kier molecular flexibility index (Phi) is 4.84. The molecular formula is C15H18N2O5S. The van der Waals surface area contributed by atoms with Gasteiger partial charge in [0.15, 0.2) is 0 Å². The number of ether oxygens (including phenoxy) is 2. The highest BCUT2D eigenvalue weighted by Gasteiger charge is 2.24. The molecule has 2 heterocycles. The van der Waals surface area contributed by atoms with Crippen LogP contribution in [0.25, 0.3) is 10.2 Å². The van der Waals surface area contributed by atoms with Gasteiger partial charge in [-0.05, 0) is 33.3 Å². The van der Waals surface area contributed by atoms with Crippen molar-refractivity contribution in [1.82, 2.24) is 9.55 Å². The fourth-order valence-corrected chi connectivity index (χ4v) is 3.18. The predicted octanol–water partition coefficient (Wildman–Crippen LogP) is 2.07. The number of carbonyl (C=O) groups excluding carboxylic acids is 2. The molecule has 23 heavy (non-hydrogen) atoms. The maximum Gasteiger partial charge on any atom is 0.348 e. The van der Waals surface area contributed by atoms with Gasteiger partial charge >= 0.3 is 11.9 Å². The Morgan fingerprint density at radius 2 is 1.96 bits per heavy atom. The van der Waals surface area contributed by atoms with E-state index in [4.69, 9.17) is 4.74 Å². The summed E-state index contributed by atoms with van der Waals surface area (Å²) < 4.78 is 11.0. The van der Waals surface area contributed by atoms with Crippen molar-refractivity contribution in [2.75, 3.05) is 7.11 Å². The van der Waals surface area contributed by atoms with Crippen LogP contribution in [0.3, 0.4) is 0 Å². The molecule has 124 valence electrons. The highest BCUT2D eigenvalue weighted by molar-refractivity contribution is 7.20. The van der Waals surface area contributed by atoms with Gasteiger partial charge in [0.25, 0.3) is 5.56 Å². The minimum absolute atomic E-state index is 0.254. The Hall–Kier alpha value is -2.22. The molecule has 8 heteroatoms. The average Bonchev–Trinajstić information content (AvgIpc) is 2.83. The van der Waals surface area contributed by atoms with Gasteiger partial charge < -0.3 is 9.47 Å². The first-order valence-electron chi connectivity index (χ1n) is 7.07. The molecule has 0 aliphatic carbocycles. The van der Waals surface area contributed by atoms with Crippen LogP contribution in [-0.2, 0) is 14.3 Å². The highest BCUT2D eigenvalue weighted by atomic mass is 32.1. The Balaban J connectivity index is 2.58. The van der Waals surface area contributed by atoms with E-state index >= 15 is 0 Å². The molecule has 0 aliphatic heterocycles. The number of esters is 2. The van der Waals surface area contributed by atoms with Gasteiger partial charge in [0.2, 0.25) is 0 Å². The van der Waals surface area contributed by atoms with E-state index in [2.05, 4.69) is 9.72 Å². The number of carbonyl (C=O) groups is 2. The van der Waals surface area contributed by atoms with Crippen LogP contribution in [-0.4, -0.2) is 34.7 Å². The zero-order valence-corrected chi connectivity index (χ0v) is 14.4. The van der Waals surface area contributed by atoms with Crippen LogP contribution >= 0.6 is 11.3 Å². The molecule has 0 spiro atoms.